The number of aromatic nitrogens is 1. The van der Waals surface area contributed by atoms with E-state index in [-0.39, 0.29) is 10.1 Å². The molecule has 0 aliphatic heterocycles. The predicted octanol–water partition coefficient (Wildman–Crippen LogP) is 2.20. The number of urea groups is 1. The fourth-order valence-electron chi connectivity index (χ4n) is 4.90. The smallest absolute Gasteiger partial charge is 0.439 e. The number of hydrogen-bond acceptors (Lipinski definition) is 10. The number of hydrogen-bond donors (Lipinski definition) is 3. The largest absolute Gasteiger partial charge is 0.463 e. The van der Waals surface area contributed by atoms with Gasteiger partial charge in [0.15, 0.2) is 5.54 Å². The molecule has 0 radical (unpaired) electrons. The molecule has 1 aromatic carbocycles. The van der Waals surface area contributed by atoms with Gasteiger partial charge in [0.25, 0.3) is 11.3 Å². The molecule has 3 amide bonds. The number of pyridine rings is 1. The number of amides is 3. The van der Waals surface area contributed by atoms with Gasteiger partial charge >= 0.3 is 30.1 Å². The zero-order valence-electron chi connectivity index (χ0n) is 26.5. The quantitative estimate of drug-likeness (QED) is 0.210. The molecule has 4 N–H and O–H groups in total. The zero-order chi connectivity index (χ0) is 35.9. The Hall–Kier alpha value is -4.93. The van der Waals surface area contributed by atoms with E-state index in [4.69, 9.17) is 19.9 Å². The van der Waals surface area contributed by atoms with Gasteiger partial charge in [0.1, 0.15) is 25.5 Å². The highest BCUT2D eigenvalue weighted by molar-refractivity contribution is 5.92. The van der Waals surface area contributed by atoms with Crippen LogP contribution in [-0.4, -0.2) is 77.1 Å². The SMILES string of the molecule is CC(=O)NC(C(C)C)C(O)(n1c(-c2ccccc2)ccc(N(C(N)=O)C(COC(C)=O)(COC(C)=O)COC(C)=O)c1=O)C(F)(F)F. The van der Waals surface area contributed by atoms with Crippen molar-refractivity contribution < 1.29 is 56.5 Å². The molecule has 0 saturated carbocycles. The van der Waals surface area contributed by atoms with Crippen molar-refractivity contribution in [2.24, 2.45) is 11.7 Å². The maximum atomic E-state index is 15.2. The summed E-state index contributed by atoms with van der Waals surface area (Å²) in [4.78, 5) is 75.7. The Morgan fingerprint density at radius 3 is 1.70 bits per heavy atom. The van der Waals surface area contributed by atoms with E-state index in [1.807, 2.05) is 0 Å². The maximum Gasteiger partial charge on any atom is 0.439 e. The van der Waals surface area contributed by atoms with Crippen LogP contribution in [0.3, 0.4) is 0 Å². The summed E-state index contributed by atoms with van der Waals surface area (Å²) in [7, 11) is 0. The molecule has 258 valence electrons. The van der Waals surface area contributed by atoms with Crippen molar-refractivity contribution in [3.63, 3.8) is 0 Å². The van der Waals surface area contributed by atoms with Crippen LogP contribution in [0.2, 0.25) is 0 Å². The number of carbonyl (C=O) groups is 5. The highest BCUT2D eigenvalue weighted by atomic mass is 19.4. The number of primary amides is 1. The Morgan fingerprint density at radius 1 is 0.872 bits per heavy atom. The first-order chi connectivity index (χ1) is 21.7. The average molecular weight is 671 g/mol. The fraction of sp³-hybridized carbons (Fsp3) is 0.467. The first kappa shape index (κ1) is 38.3. The van der Waals surface area contributed by atoms with E-state index in [2.05, 4.69) is 5.32 Å². The van der Waals surface area contributed by atoms with Crippen molar-refractivity contribution >= 4 is 35.5 Å². The van der Waals surface area contributed by atoms with Crippen LogP contribution in [0.4, 0.5) is 23.7 Å². The van der Waals surface area contributed by atoms with Crippen LogP contribution < -0.4 is 21.5 Å². The molecule has 14 nitrogen and oxygen atoms in total. The van der Waals surface area contributed by atoms with Crippen LogP contribution in [-0.2, 0) is 39.1 Å². The summed E-state index contributed by atoms with van der Waals surface area (Å²) in [6, 6.07) is 5.34. The van der Waals surface area contributed by atoms with Gasteiger partial charge in [-0.3, -0.25) is 33.4 Å². The molecule has 2 atom stereocenters. The number of esters is 3. The minimum atomic E-state index is -5.65. The second kappa shape index (κ2) is 15.1. The molecule has 17 heteroatoms. The van der Waals surface area contributed by atoms with E-state index in [1.54, 1.807) is 6.07 Å². The molecule has 2 unspecified atom stereocenters. The minimum absolute atomic E-state index is 0.0146. The van der Waals surface area contributed by atoms with Gasteiger partial charge in [-0.2, -0.15) is 13.2 Å². The molecule has 0 fully saturated rings. The van der Waals surface area contributed by atoms with Gasteiger partial charge in [0.2, 0.25) is 5.91 Å². The number of halogens is 3. The second-order valence-corrected chi connectivity index (χ2v) is 11.0. The van der Waals surface area contributed by atoms with Crippen molar-refractivity contribution in [1.82, 2.24) is 9.88 Å². The number of carbonyl (C=O) groups excluding carboxylic acids is 5. The lowest BCUT2D eigenvalue weighted by Gasteiger charge is -2.44. The molecule has 1 aromatic heterocycles. The molecular formula is C30H37F3N4O10. The van der Waals surface area contributed by atoms with Crippen LogP contribution in [0.5, 0.6) is 0 Å². The number of aliphatic hydroxyl groups is 1. The molecular weight excluding hydrogens is 633 g/mol. The Kier molecular flexibility index (Phi) is 12.3. The van der Waals surface area contributed by atoms with Gasteiger partial charge in [-0.05, 0) is 23.6 Å². The number of nitrogens with one attached hydrogen (secondary N) is 1. The van der Waals surface area contributed by atoms with Crippen LogP contribution in [0.1, 0.15) is 41.5 Å². The van der Waals surface area contributed by atoms with Gasteiger partial charge < -0.3 is 30.4 Å². The normalized spacial score (nSPS) is 13.6. The summed E-state index contributed by atoms with van der Waals surface area (Å²) < 4.78 is 60.9. The van der Waals surface area contributed by atoms with E-state index < -0.39 is 96.0 Å². The average Bonchev–Trinajstić information content (AvgIpc) is 2.96. The summed E-state index contributed by atoms with van der Waals surface area (Å²) in [6.07, 6.45) is -5.65. The lowest BCUT2D eigenvalue weighted by molar-refractivity contribution is -0.314. The predicted molar refractivity (Wildman–Crippen MR) is 160 cm³/mol. The number of rotatable bonds is 13. The summed E-state index contributed by atoms with van der Waals surface area (Å²) >= 11 is 0. The molecule has 47 heavy (non-hydrogen) atoms. The molecule has 2 aromatic rings. The number of nitrogens with zero attached hydrogens (tertiary/aromatic N) is 2. The van der Waals surface area contributed by atoms with E-state index in [9.17, 15) is 33.9 Å². The summed E-state index contributed by atoms with van der Waals surface area (Å²) in [5.41, 5.74) is -3.88. The van der Waals surface area contributed by atoms with Gasteiger partial charge in [-0.15, -0.1) is 0 Å². The Bertz CT molecular complexity index is 1500. The Morgan fingerprint density at radius 2 is 1.34 bits per heavy atom. The van der Waals surface area contributed by atoms with Crippen molar-refractivity contribution in [3.05, 3.63) is 52.8 Å². The lowest BCUT2D eigenvalue weighted by Crippen LogP contribution is -2.67. The summed E-state index contributed by atoms with van der Waals surface area (Å²) in [6.45, 7) is 3.56. The van der Waals surface area contributed by atoms with Gasteiger partial charge in [0, 0.05) is 27.7 Å². The van der Waals surface area contributed by atoms with Crippen LogP contribution in [0.15, 0.2) is 47.3 Å². The van der Waals surface area contributed by atoms with Crippen molar-refractivity contribution in [2.45, 2.75) is 65.0 Å². The lowest BCUT2D eigenvalue weighted by atomic mass is 9.90. The fourth-order valence-corrected chi connectivity index (χ4v) is 4.90. The Balaban J connectivity index is 3.21. The molecule has 0 bridgehead atoms. The molecule has 0 saturated heterocycles. The maximum absolute atomic E-state index is 15.2. The third-order valence-corrected chi connectivity index (χ3v) is 6.92. The van der Waals surface area contributed by atoms with Crippen molar-refractivity contribution in [2.75, 3.05) is 24.7 Å². The second-order valence-electron chi connectivity index (χ2n) is 11.0. The van der Waals surface area contributed by atoms with E-state index in [0.29, 0.717) is 4.90 Å². The highest BCUT2D eigenvalue weighted by Gasteiger charge is 2.63. The van der Waals surface area contributed by atoms with Gasteiger partial charge in [-0.25, -0.2) is 4.79 Å². The van der Waals surface area contributed by atoms with Crippen LogP contribution in [0.25, 0.3) is 11.3 Å². The minimum Gasteiger partial charge on any atom is -0.463 e. The van der Waals surface area contributed by atoms with Gasteiger partial charge in [0.05, 0.1) is 11.7 Å². The molecule has 0 aliphatic rings. The highest BCUT2D eigenvalue weighted by Crippen LogP contribution is 2.42. The number of alkyl halides is 3. The van der Waals surface area contributed by atoms with E-state index >= 15 is 13.2 Å². The number of nitrogens with two attached hydrogens (primary N) is 1. The van der Waals surface area contributed by atoms with Crippen LogP contribution in [0, 0.1) is 5.92 Å². The zero-order valence-corrected chi connectivity index (χ0v) is 26.5. The number of benzene rings is 1. The first-order valence-electron chi connectivity index (χ1n) is 14.1. The summed E-state index contributed by atoms with van der Waals surface area (Å²) in [5, 5.41) is 13.9. The molecule has 0 spiro atoms. The topological polar surface area (TPSA) is 197 Å². The standard InChI is InChI=1S/C30H37F3N4O10/c1-17(2)25(35-18(3)38)29(44,30(31,32)33)36-23(22-10-8-7-9-11-22)12-13-24(26(36)42)37(27(34)43)28(14-45-19(4)39,15-46-20(5)40)16-47-21(6)41/h7-13,17,25,44H,14-16H2,1-6H3,(H2,34,43)(H,35,38). The monoisotopic (exact) mass is 670 g/mol. The van der Waals surface area contributed by atoms with E-state index in [0.717, 1.165) is 39.8 Å². The number of anilines is 1. The van der Waals surface area contributed by atoms with E-state index in [1.165, 1.54) is 38.1 Å². The van der Waals surface area contributed by atoms with Gasteiger partial charge in [-0.1, -0.05) is 44.2 Å². The third kappa shape index (κ3) is 8.66. The first-order valence-corrected chi connectivity index (χ1v) is 14.1. The molecule has 0 aliphatic carbocycles. The van der Waals surface area contributed by atoms with Crippen LogP contribution >= 0.6 is 0 Å². The Labute approximate surface area is 267 Å². The molecule has 1 heterocycles. The summed E-state index contributed by atoms with van der Waals surface area (Å²) in [5.74, 6) is -4.93. The van der Waals surface area contributed by atoms with Crippen molar-refractivity contribution in [1.29, 1.82) is 0 Å². The van der Waals surface area contributed by atoms with Crippen molar-refractivity contribution in [3.8, 4) is 11.3 Å². The number of ether oxygens (including phenoxy) is 3. The third-order valence-electron chi connectivity index (χ3n) is 6.92. The molecule has 2 rings (SSSR count).